The van der Waals surface area contributed by atoms with E-state index in [1.165, 1.54) is 12.1 Å². The van der Waals surface area contributed by atoms with Crippen molar-refractivity contribution in [3.63, 3.8) is 0 Å². The van der Waals surface area contributed by atoms with Gasteiger partial charge in [-0.25, -0.2) is 13.4 Å². The Kier molecular flexibility index (Phi) is 7.51. The van der Waals surface area contributed by atoms with Crippen LogP contribution in [0.15, 0.2) is 47.5 Å². The number of nitrogens with zero attached hydrogens (tertiary/aromatic N) is 4. The highest BCUT2D eigenvalue weighted by Gasteiger charge is 2.37. The Morgan fingerprint density at radius 2 is 1.79 bits per heavy atom. The van der Waals surface area contributed by atoms with Crippen molar-refractivity contribution in [1.29, 1.82) is 5.26 Å². The number of rotatable bonds is 6. The molecule has 4 rings (SSSR count). The molecule has 1 aliphatic heterocycles. The predicted molar refractivity (Wildman–Crippen MR) is 136 cm³/mol. The van der Waals surface area contributed by atoms with Crippen LogP contribution in [0.3, 0.4) is 0 Å². The van der Waals surface area contributed by atoms with Gasteiger partial charge >= 0.3 is 6.18 Å². The highest BCUT2D eigenvalue weighted by atomic mass is 32.2. The summed E-state index contributed by atoms with van der Waals surface area (Å²) >= 11 is 0. The van der Waals surface area contributed by atoms with E-state index in [9.17, 15) is 21.6 Å². The number of sulfone groups is 1. The van der Waals surface area contributed by atoms with Crippen molar-refractivity contribution in [1.82, 2.24) is 9.97 Å². The molecule has 2 aromatic carbocycles. The number of anilines is 2. The highest BCUT2D eigenvalue weighted by Crippen LogP contribution is 2.39. The van der Waals surface area contributed by atoms with Gasteiger partial charge in [0.1, 0.15) is 11.3 Å². The number of hydrogen-bond acceptors (Lipinski definition) is 8. The smallest absolute Gasteiger partial charge is 0.423 e. The summed E-state index contributed by atoms with van der Waals surface area (Å²) in [4.78, 5) is 10.2. The van der Waals surface area contributed by atoms with Crippen LogP contribution in [0, 0.1) is 25.2 Å². The Hall–Kier alpha value is -3.85. The van der Waals surface area contributed by atoms with E-state index in [1.807, 2.05) is 12.1 Å². The molecule has 0 spiro atoms. The summed E-state index contributed by atoms with van der Waals surface area (Å²) < 4.78 is 70.5. The summed E-state index contributed by atoms with van der Waals surface area (Å²) in [6.07, 6.45) is -1.60. The average Bonchev–Trinajstić information content (AvgIpc) is 2.85. The van der Waals surface area contributed by atoms with E-state index in [0.29, 0.717) is 48.8 Å². The molecule has 0 unspecified atom stereocenters. The average molecular weight is 546 g/mol. The number of nitrogens with one attached hydrogen (secondary N) is 1. The fraction of sp³-hybridized carbons (Fsp3) is 0.346. The fourth-order valence-corrected chi connectivity index (χ4v) is 5.02. The molecule has 8 nitrogen and oxygen atoms in total. The summed E-state index contributed by atoms with van der Waals surface area (Å²) in [6, 6.07) is 11.7. The number of hydrogen-bond donors (Lipinski definition) is 1. The van der Waals surface area contributed by atoms with E-state index in [2.05, 4.69) is 20.2 Å². The molecular weight excluding hydrogens is 519 g/mol. The fourth-order valence-electron chi connectivity index (χ4n) is 4.36. The zero-order valence-corrected chi connectivity index (χ0v) is 21.8. The Labute approximate surface area is 219 Å². The van der Waals surface area contributed by atoms with Gasteiger partial charge in [0.15, 0.2) is 9.84 Å². The van der Waals surface area contributed by atoms with E-state index < -0.39 is 27.5 Å². The van der Waals surface area contributed by atoms with Gasteiger partial charge in [0.2, 0.25) is 11.8 Å². The van der Waals surface area contributed by atoms with E-state index >= 15 is 0 Å². The lowest BCUT2D eigenvalue weighted by molar-refractivity contribution is -0.139. The van der Waals surface area contributed by atoms with Crippen molar-refractivity contribution in [2.75, 3.05) is 29.6 Å². The molecule has 0 atom stereocenters. The van der Waals surface area contributed by atoms with E-state index in [4.69, 9.17) is 10.00 Å². The summed E-state index contributed by atoms with van der Waals surface area (Å²) in [6.45, 7) is 4.52. The first kappa shape index (κ1) is 27.2. The first-order valence-corrected chi connectivity index (χ1v) is 13.7. The molecule has 1 fully saturated rings. The summed E-state index contributed by atoms with van der Waals surface area (Å²) in [5, 5.41) is 12.2. The second-order valence-electron chi connectivity index (χ2n) is 9.24. The van der Waals surface area contributed by atoms with Crippen molar-refractivity contribution < 1.29 is 26.3 Å². The minimum atomic E-state index is -4.73. The Bertz CT molecular complexity index is 1470. The first-order chi connectivity index (χ1) is 17.8. The molecule has 3 aromatic rings. The number of piperidine rings is 1. The summed E-state index contributed by atoms with van der Waals surface area (Å²) in [7, 11) is -3.33. The van der Waals surface area contributed by atoms with Gasteiger partial charge in [0.05, 0.1) is 16.5 Å². The second-order valence-corrected chi connectivity index (χ2v) is 11.3. The van der Waals surface area contributed by atoms with Gasteiger partial charge in [-0.3, -0.25) is 0 Å². The van der Waals surface area contributed by atoms with Crippen LogP contribution in [0.4, 0.5) is 24.8 Å². The van der Waals surface area contributed by atoms with Crippen molar-refractivity contribution in [3.05, 3.63) is 64.8 Å². The zero-order chi connectivity index (χ0) is 27.7. The molecule has 0 saturated carbocycles. The van der Waals surface area contributed by atoms with Crippen LogP contribution in [0.5, 0.6) is 11.6 Å². The monoisotopic (exact) mass is 545 g/mol. The highest BCUT2D eigenvalue weighted by molar-refractivity contribution is 7.90. The Balaban J connectivity index is 1.51. The molecule has 1 N–H and O–H groups in total. The van der Waals surface area contributed by atoms with Crippen LogP contribution < -0.4 is 15.0 Å². The van der Waals surface area contributed by atoms with Crippen LogP contribution in [-0.2, 0) is 16.0 Å². The van der Waals surface area contributed by atoms with Gasteiger partial charge in [-0.05, 0) is 68.1 Å². The van der Waals surface area contributed by atoms with Gasteiger partial charge in [0.25, 0.3) is 0 Å². The lowest BCUT2D eigenvalue weighted by Gasteiger charge is -2.34. The third-order valence-electron chi connectivity index (χ3n) is 6.29. The van der Waals surface area contributed by atoms with Crippen LogP contribution in [0.2, 0.25) is 0 Å². The molecular formula is C26H26F3N5O3S. The number of ether oxygens (including phenoxy) is 1. The lowest BCUT2D eigenvalue weighted by Crippen LogP contribution is -2.39. The maximum atomic E-state index is 13.7. The van der Waals surface area contributed by atoms with E-state index in [0.717, 1.165) is 11.9 Å². The minimum absolute atomic E-state index is 0.00877. The number of alkyl halides is 3. The summed E-state index contributed by atoms with van der Waals surface area (Å²) in [5.74, 6) is -0.417. The molecule has 1 saturated heterocycles. The SMILES string of the molecule is Cc1cc(C#N)cc(C)c1Oc1nc(NC2CCN(c3cccc(S(C)(=O)=O)c3)CC2)ncc1C(F)(F)F. The van der Waals surface area contributed by atoms with Gasteiger partial charge in [0, 0.05) is 37.3 Å². The van der Waals surface area contributed by atoms with Crippen LogP contribution in [0.1, 0.15) is 35.1 Å². The van der Waals surface area contributed by atoms with Gasteiger partial charge in [-0.2, -0.15) is 23.4 Å². The maximum absolute atomic E-state index is 13.7. The minimum Gasteiger partial charge on any atom is -0.438 e. The van der Waals surface area contributed by atoms with Crippen LogP contribution in [-0.4, -0.2) is 43.8 Å². The van der Waals surface area contributed by atoms with Crippen LogP contribution >= 0.6 is 0 Å². The molecule has 1 aromatic heterocycles. The summed E-state index contributed by atoms with van der Waals surface area (Å²) in [5.41, 5.74) is 1.08. The number of halogens is 3. The molecule has 2 heterocycles. The largest absolute Gasteiger partial charge is 0.438 e. The Morgan fingerprint density at radius 1 is 1.13 bits per heavy atom. The second kappa shape index (κ2) is 10.5. The van der Waals surface area contributed by atoms with Gasteiger partial charge < -0.3 is 15.0 Å². The van der Waals surface area contributed by atoms with E-state index in [-0.39, 0.29) is 22.6 Å². The van der Waals surface area contributed by atoms with Crippen LogP contribution in [0.25, 0.3) is 0 Å². The van der Waals surface area contributed by atoms with E-state index in [1.54, 1.807) is 32.0 Å². The number of benzene rings is 2. The van der Waals surface area contributed by atoms with Gasteiger partial charge in [-0.15, -0.1) is 0 Å². The Morgan fingerprint density at radius 3 is 2.37 bits per heavy atom. The zero-order valence-electron chi connectivity index (χ0n) is 21.0. The normalized spacial score (nSPS) is 14.7. The van der Waals surface area contributed by atoms with Crippen molar-refractivity contribution in [3.8, 4) is 17.7 Å². The molecule has 0 bridgehead atoms. The molecule has 0 amide bonds. The molecule has 0 aliphatic carbocycles. The quantitative estimate of drug-likeness (QED) is 0.447. The molecule has 12 heteroatoms. The standard InChI is InChI=1S/C26H26F3N5O3S/c1-16-11-18(14-30)12-17(2)23(16)37-24-22(26(27,28)29)15-31-25(33-24)32-19-7-9-34(10-8-19)20-5-4-6-21(13-20)38(3,35)36/h4-6,11-13,15,19H,7-10H2,1-3H3,(H,31,32,33). The number of nitriles is 1. The van der Waals surface area contributed by atoms with Gasteiger partial charge in [-0.1, -0.05) is 6.07 Å². The molecule has 38 heavy (non-hydrogen) atoms. The number of aryl methyl sites for hydroxylation is 2. The first-order valence-electron chi connectivity index (χ1n) is 11.8. The molecule has 1 aliphatic rings. The molecule has 200 valence electrons. The van der Waals surface area contributed by atoms with Crippen molar-refractivity contribution in [2.45, 2.75) is 43.8 Å². The third kappa shape index (κ3) is 6.16. The topological polar surface area (TPSA) is 108 Å². The van der Waals surface area contributed by atoms with Crippen molar-refractivity contribution in [2.24, 2.45) is 0 Å². The predicted octanol–water partition coefficient (Wildman–Crippen LogP) is 5.26. The lowest BCUT2D eigenvalue weighted by atomic mass is 10.0. The van der Waals surface area contributed by atoms with Crippen molar-refractivity contribution >= 4 is 21.5 Å². The third-order valence-corrected chi connectivity index (χ3v) is 7.40. The molecule has 0 radical (unpaired) electrons. The number of aromatic nitrogens is 2. The maximum Gasteiger partial charge on any atom is 0.423 e.